The first-order chi connectivity index (χ1) is 8.59. The molecule has 1 unspecified atom stereocenters. The number of thiophene rings is 1. The number of rotatable bonds is 4. The highest BCUT2D eigenvalue weighted by Crippen LogP contribution is 2.32. The highest BCUT2D eigenvalue weighted by atomic mass is 79.9. The molecule has 0 spiro atoms. The Kier molecular flexibility index (Phi) is 4.42. The lowest BCUT2D eigenvalue weighted by Gasteiger charge is -2.16. The fourth-order valence-corrected chi connectivity index (χ4v) is 3.45. The molecule has 0 fully saturated rings. The molecule has 0 saturated heterocycles. The van der Waals surface area contributed by atoms with E-state index >= 15 is 0 Å². The van der Waals surface area contributed by atoms with Gasteiger partial charge in [-0.15, -0.1) is 0 Å². The number of carboxylic acids is 1. The van der Waals surface area contributed by atoms with Crippen LogP contribution >= 0.6 is 43.2 Å². The Morgan fingerprint density at radius 2 is 1.94 bits per heavy atom. The summed E-state index contributed by atoms with van der Waals surface area (Å²) in [5.74, 6) is -0.912. The summed E-state index contributed by atoms with van der Waals surface area (Å²) in [5, 5.41) is 16.0. The summed E-state index contributed by atoms with van der Waals surface area (Å²) in [6.07, 6.45) is 0. The number of carboxylic acid groups (broad SMARTS) is 1. The SMILES string of the molecule is O=C(O)C(Nc1ccccc1Br)c1cscc1Br. The van der Waals surface area contributed by atoms with Gasteiger partial charge < -0.3 is 10.4 Å². The van der Waals surface area contributed by atoms with E-state index in [1.54, 1.807) is 0 Å². The van der Waals surface area contributed by atoms with Crippen LogP contribution in [-0.4, -0.2) is 11.1 Å². The fourth-order valence-electron chi connectivity index (χ4n) is 1.50. The predicted molar refractivity (Wildman–Crippen MR) is 80.2 cm³/mol. The van der Waals surface area contributed by atoms with Crippen molar-refractivity contribution in [3.05, 3.63) is 49.5 Å². The minimum Gasteiger partial charge on any atom is -0.479 e. The van der Waals surface area contributed by atoms with Gasteiger partial charge in [0.15, 0.2) is 6.04 Å². The number of aliphatic carboxylic acids is 1. The van der Waals surface area contributed by atoms with E-state index in [0.717, 1.165) is 20.2 Å². The molecule has 0 bridgehead atoms. The summed E-state index contributed by atoms with van der Waals surface area (Å²) in [6.45, 7) is 0. The highest BCUT2D eigenvalue weighted by Gasteiger charge is 2.23. The van der Waals surface area contributed by atoms with E-state index in [1.165, 1.54) is 11.3 Å². The average molecular weight is 391 g/mol. The number of nitrogens with one attached hydrogen (secondary N) is 1. The number of hydrogen-bond donors (Lipinski definition) is 2. The molecule has 1 atom stereocenters. The Morgan fingerprint density at radius 3 is 2.50 bits per heavy atom. The molecule has 0 aliphatic heterocycles. The monoisotopic (exact) mass is 389 g/mol. The van der Waals surface area contributed by atoms with Gasteiger partial charge in [0, 0.05) is 25.6 Å². The van der Waals surface area contributed by atoms with Crippen molar-refractivity contribution in [1.29, 1.82) is 0 Å². The Balaban J connectivity index is 2.31. The Morgan fingerprint density at radius 1 is 1.22 bits per heavy atom. The van der Waals surface area contributed by atoms with Crippen LogP contribution in [0.25, 0.3) is 0 Å². The molecule has 6 heteroatoms. The quantitative estimate of drug-likeness (QED) is 0.807. The maximum atomic E-state index is 11.4. The van der Waals surface area contributed by atoms with E-state index in [2.05, 4.69) is 37.2 Å². The summed E-state index contributed by atoms with van der Waals surface area (Å²) in [7, 11) is 0. The zero-order valence-electron chi connectivity index (χ0n) is 9.06. The van der Waals surface area contributed by atoms with E-state index in [1.807, 2.05) is 35.0 Å². The van der Waals surface area contributed by atoms with E-state index in [0.29, 0.717) is 0 Å². The lowest BCUT2D eigenvalue weighted by atomic mass is 10.1. The molecule has 18 heavy (non-hydrogen) atoms. The maximum absolute atomic E-state index is 11.4. The Hall–Kier alpha value is -0.850. The first-order valence-corrected chi connectivity index (χ1v) is 7.58. The maximum Gasteiger partial charge on any atom is 0.330 e. The first-order valence-electron chi connectivity index (χ1n) is 5.05. The second-order valence-electron chi connectivity index (χ2n) is 3.57. The fraction of sp³-hybridized carbons (Fsp3) is 0.0833. The molecule has 1 aromatic heterocycles. The zero-order chi connectivity index (χ0) is 13.1. The molecule has 0 aliphatic rings. The van der Waals surface area contributed by atoms with Crippen molar-refractivity contribution in [2.75, 3.05) is 5.32 Å². The normalized spacial score (nSPS) is 12.1. The molecule has 0 aliphatic carbocycles. The van der Waals surface area contributed by atoms with Gasteiger partial charge in [-0.2, -0.15) is 11.3 Å². The van der Waals surface area contributed by atoms with Crippen molar-refractivity contribution in [2.45, 2.75) is 6.04 Å². The molecule has 1 aromatic carbocycles. The van der Waals surface area contributed by atoms with Gasteiger partial charge in [0.1, 0.15) is 0 Å². The van der Waals surface area contributed by atoms with Crippen molar-refractivity contribution in [3.8, 4) is 0 Å². The topological polar surface area (TPSA) is 49.3 Å². The van der Waals surface area contributed by atoms with Crippen LogP contribution in [0.1, 0.15) is 11.6 Å². The van der Waals surface area contributed by atoms with Crippen LogP contribution in [0.15, 0.2) is 44.0 Å². The van der Waals surface area contributed by atoms with Crippen LogP contribution in [0, 0.1) is 0 Å². The highest BCUT2D eigenvalue weighted by molar-refractivity contribution is 9.11. The number of halogens is 2. The van der Waals surface area contributed by atoms with E-state index < -0.39 is 12.0 Å². The average Bonchev–Trinajstić information content (AvgIpc) is 2.74. The van der Waals surface area contributed by atoms with Gasteiger partial charge in [-0.3, -0.25) is 0 Å². The molecule has 3 nitrogen and oxygen atoms in total. The Bertz CT molecular complexity index is 571. The summed E-state index contributed by atoms with van der Waals surface area (Å²) >= 11 is 8.22. The first kappa shape index (κ1) is 13.6. The van der Waals surface area contributed by atoms with Crippen LogP contribution in [0.5, 0.6) is 0 Å². The van der Waals surface area contributed by atoms with Gasteiger partial charge in [-0.05, 0) is 49.4 Å². The third kappa shape index (κ3) is 2.93. The summed E-state index contributed by atoms with van der Waals surface area (Å²) < 4.78 is 1.64. The van der Waals surface area contributed by atoms with Crippen molar-refractivity contribution < 1.29 is 9.90 Å². The standard InChI is InChI=1S/C12H9Br2NO2S/c13-8-3-1-2-4-10(8)15-11(12(16)17)7-5-18-6-9(7)14/h1-6,11,15H,(H,16,17). The van der Waals surface area contributed by atoms with Gasteiger partial charge in [-0.25, -0.2) is 4.79 Å². The molecule has 94 valence electrons. The van der Waals surface area contributed by atoms with Gasteiger partial charge in [-0.1, -0.05) is 12.1 Å². The van der Waals surface area contributed by atoms with Crippen molar-refractivity contribution in [2.24, 2.45) is 0 Å². The largest absolute Gasteiger partial charge is 0.479 e. The van der Waals surface area contributed by atoms with Gasteiger partial charge >= 0.3 is 5.97 Å². The van der Waals surface area contributed by atoms with E-state index in [9.17, 15) is 9.90 Å². The van der Waals surface area contributed by atoms with Crippen molar-refractivity contribution in [1.82, 2.24) is 0 Å². The summed E-state index contributed by atoms with van der Waals surface area (Å²) in [5.41, 5.74) is 1.48. The smallest absolute Gasteiger partial charge is 0.330 e. The zero-order valence-corrected chi connectivity index (χ0v) is 13.0. The van der Waals surface area contributed by atoms with E-state index in [4.69, 9.17) is 0 Å². The summed E-state index contributed by atoms with van der Waals surface area (Å²) in [4.78, 5) is 11.4. The Labute approximate surface area is 125 Å². The van der Waals surface area contributed by atoms with Crippen LogP contribution in [0.3, 0.4) is 0 Å². The summed E-state index contributed by atoms with van der Waals surface area (Å²) in [6, 6.07) is 6.66. The molecule has 0 radical (unpaired) electrons. The lowest BCUT2D eigenvalue weighted by molar-refractivity contribution is -0.138. The molecule has 2 rings (SSSR count). The van der Waals surface area contributed by atoms with Crippen molar-refractivity contribution in [3.63, 3.8) is 0 Å². The lowest BCUT2D eigenvalue weighted by Crippen LogP contribution is -2.20. The van der Waals surface area contributed by atoms with Gasteiger partial charge in [0.25, 0.3) is 0 Å². The second kappa shape index (κ2) is 5.86. The van der Waals surface area contributed by atoms with Crippen LogP contribution in [0.2, 0.25) is 0 Å². The van der Waals surface area contributed by atoms with Crippen molar-refractivity contribution >= 4 is 54.9 Å². The molecule has 1 heterocycles. The number of para-hydroxylation sites is 1. The minimum absolute atomic E-state index is 0.725. The van der Waals surface area contributed by atoms with Crippen LogP contribution in [-0.2, 0) is 4.79 Å². The molecule has 2 aromatic rings. The molecular weight excluding hydrogens is 382 g/mol. The number of hydrogen-bond acceptors (Lipinski definition) is 3. The predicted octanol–water partition coefficient (Wildman–Crippen LogP) is 4.51. The van der Waals surface area contributed by atoms with Crippen LogP contribution < -0.4 is 5.32 Å². The van der Waals surface area contributed by atoms with E-state index in [-0.39, 0.29) is 0 Å². The molecule has 2 N–H and O–H groups in total. The molecule has 0 amide bonds. The number of carbonyl (C=O) groups is 1. The molecular formula is C12H9Br2NO2S. The third-order valence-corrected chi connectivity index (χ3v) is 4.82. The number of benzene rings is 1. The van der Waals surface area contributed by atoms with Crippen LogP contribution in [0.4, 0.5) is 5.69 Å². The molecule has 0 saturated carbocycles. The second-order valence-corrected chi connectivity index (χ2v) is 6.02. The number of anilines is 1. The minimum atomic E-state index is -0.912. The third-order valence-electron chi connectivity index (χ3n) is 2.37. The van der Waals surface area contributed by atoms with Gasteiger partial charge in [0.05, 0.1) is 0 Å². The van der Waals surface area contributed by atoms with Gasteiger partial charge in [0.2, 0.25) is 0 Å².